The highest BCUT2D eigenvalue weighted by Gasteiger charge is 2.36. The number of carbonyl (C=O) groups excluding carboxylic acids is 2. The van der Waals surface area contributed by atoms with Crippen molar-refractivity contribution in [1.82, 2.24) is 10.2 Å². The van der Waals surface area contributed by atoms with E-state index < -0.39 is 27.2 Å². The summed E-state index contributed by atoms with van der Waals surface area (Å²) in [6.45, 7) is 4.19. The molecule has 1 rings (SSSR count). The van der Waals surface area contributed by atoms with E-state index in [4.69, 9.17) is 0 Å². The van der Waals surface area contributed by atoms with Crippen LogP contribution in [-0.4, -0.2) is 63.1 Å². The van der Waals surface area contributed by atoms with E-state index in [0.29, 0.717) is 13.0 Å². The Hall–Kier alpha value is -1.31. The van der Waals surface area contributed by atoms with Gasteiger partial charge in [0.2, 0.25) is 5.91 Å². The Morgan fingerprint density at radius 2 is 1.95 bits per heavy atom. The molecular weight excluding hydrogens is 284 g/mol. The maximum absolute atomic E-state index is 12.4. The van der Waals surface area contributed by atoms with Crippen LogP contribution in [0.5, 0.6) is 0 Å². The fraction of sp³-hybridized carbons (Fsp3) is 0.833. The number of carbonyl (C=O) groups is 2. The lowest BCUT2D eigenvalue weighted by molar-refractivity contribution is -0.133. The average Bonchev–Trinajstić information content (AvgIpc) is 2.83. The van der Waals surface area contributed by atoms with Crippen LogP contribution in [0.15, 0.2) is 0 Å². The maximum atomic E-state index is 12.4. The summed E-state index contributed by atoms with van der Waals surface area (Å²) in [5.74, 6) is -0.379. The van der Waals surface area contributed by atoms with Crippen molar-refractivity contribution in [3.8, 4) is 0 Å². The van der Waals surface area contributed by atoms with Crippen LogP contribution < -0.4 is 5.32 Å². The molecule has 1 heterocycles. The minimum Gasteiger partial charge on any atom is -0.453 e. The Kier molecular flexibility index (Phi) is 5.38. The highest BCUT2D eigenvalue weighted by molar-refractivity contribution is 7.91. The minimum atomic E-state index is -3.15. The molecule has 20 heavy (non-hydrogen) atoms. The summed E-state index contributed by atoms with van der Waals surface area (Å²) in [7, 11) is -1.92. The highest BCUT2D eigenvalue weighted by Crippen LogP contribution is 2.18. The van der Waals surface area contributed by atoms with Crippen molar-refractivity contribution in [3.63, 3.8) is 0 Å². The van der Waals surface area contributed by atoms with E-state index in [0.717, 1.165) is 0 Å². The number of likely N-dealkylation sites (tertiary alicyclic amines) is 1. The number of hydrogen-bond acceptors (Lipinski definition) is 5. The van der Waals surface area contributed by atoms with Gasteiger partial charge in [0.25, 0.3) is 0 Å². The SMILES string of the molecule is COC(=O)N[C@H](C(=O)N1CCC(S(C)(=O)=O)C1)C(C)C. The van der Waals surface area contributed by atoms with Gasteiger partial charge in [-0.3, -0.25) is 4.79 Å². The summed E-state index contributed by atoms with van der Waals surface area (Å²) in [5, 5.41) is 1.98. The van der Waals surface area contributed by atoms with E-state index in [2.05, 4.69) is 10.1 Å². The lowest BCUT2D eigenvalue weighted by Crippen LogP contribution is -2.51. The Morgan fingerprint density at radius 1 is 1.35 bits per heavy atom. The van der Waals surface area contributed by atoms with Gasteiger partial charge in [0.05, 0.1) is 12.4 Å². The van der Waals surface area contributed by atoms with E-state index in [-0.39, 0.29) is 18.4 Å². The molecule has 1 aliphatic heterocycles. The normalized spacial score (nSPS) is 20.9. The number of nitrogens with one attached hydrogen (secondary N) is 1. The monoisotopic (exact) mass is 306 g/mol. The second-order valence-electron chi connectivity index (χ2n) is 5.38. The number of sulfone groups is 1. The first-order valence-corrected chi connectivity index (χ1v) is 8.44. The van der Waals surface area contributed by atoms with Gasteiger partial charge in [0.1, 0.15) is 6.04 Å². The summed E-state index contributed by atoms with van der Waals surface area (Å²) in [4.78, 5) is 25.1. The number of nitrogens with zero attached hydrogens (tertiary/aromatic N) is 1. The van der Waals surface area contributed by atoms with Crippen molar-refractivity contribution in [3.05, 3.63) is 0 Å². The molecule has 1 aliphatic rings. The van der Waals surface area contributed by atoms with Crippen molar-refractivity contribution in [2.75, 3.05) is 26.5 Å². The van der Waals surface area contributed by atoms with E-state index in [1.165, 1.54) is 18.3 Å². The van der Waals surface area contributed by atoms with Crippen molar-refractivity contribution >= 4 is 21.8 Å². The Morgan fingerprint density at radius 3 is 2.35 bits per heavy atom. The Labute approximate surface area is 119 Å². The summed E-state index contributed by atoms with van der Waals surface area (Å²) in [5.41, 5.74) is 0. The van der Waals surface area contributed by atoms with E-state index in [1.54, 1.807) is 0 Å². The lowest BCUT2D eigenvalue weighted by Gasteiger charge is -2.26. The molecule has 2 amide bonds. The van der Waals surface area contributed by atoms with Crippen LogP contribution >= 0.6 is 0 Å². The zero-order chi connectivity index (χ0) is 15.5. The van der Waals surface area contributed by atoms with E-state index in [9.17, 15) is 18.0 Å². The third kappa shape index (κ3) is 4.09. The third-order valence-electron chi connectivity index (χ3n) is 3.45. The molecule has 116 valence electrons. The van der Waals surface area contributed by atoms with Gasteiger partial charge in [-0.05, 0) is 12.3 Å². The first-order chi connectivity index (χ1) is 9.16. The molecule has 7 nitrogen and oxygen atoms in total. The van der Waals surface area contributed by atoms with Crippen molar-refractivity contribution in [1.29, 1.82) is 0 Å². The number of methoxy groups -OCH3 is 1. The molecule has 2 atom stereocenters. The van der Waals surface area contributed by atoms with Gasteiger partial charge in [-0.25, -0.2) is 13.2 Å². The number of hydrogen-bond donors (Lipinski definition) is 1. The summed E-state index contributed by atoms with van der Waals surface area (Å²) in [6.07, 6.45) is 0.946. The quantitative estimate of drug-likeness (QED) is 0.790. The summed E-state index contributed by atoms with van der Waals surface area (Å²) in [6, 6.07) is -0.708. The fourth-order valence-corrected chi connectivity index (χ4v) is 3.16. The van der Waals surface area contributed by atoms with Crippen LogP contribution in [0, 0.1) is 5.92 Å². The van der Waals surface area contributed by atoms with Crippen molar-refractivity contribution in [2.45, 2.75) is 31.6 Å². The molecule has 0 aliphatic carbocycles. The van der Waals surface area contributed by atoms with Crippen LogP contribution in [0.1, 0.15) is 20.3 Å². The van der Waals surface area contributed by atoms with Gasteiger partial charge < -0.3 is 15.0 Å². The smallest absolute Gasteiger partial charge is 0.407 e. The highest BCUT2D eigenvalue weighted by atomic mass is 32.2. The molecule has 1 fully saturated rings. The molecule has 8 heteroatoms. The molecule has 0 bridgehead atoms. The van der Waals surface area contributed by atoms with Crippen LogP contribution in [0.25, 0.3) is 0 Å². The van der Waals surface area contributed by atoms with Gasteiger partial charge in [-0.1, -0.05) is 13.8 Å². The van der Waals surface area contributed by atoms with Gasteiger partial charge >= 0.3 is 6.09 Å². The molecule has 0 spiro atoms. The molecular formula is C12H22N2O5S. The van der Waals surface area contributed by atoms with E-state index >= 15 is 0 Å². The number of alkyl carbamates (subject to hydrolysis) is 1. The Bertz CT molecular complexity index is 474. The largest absolute Gasteiger partial charge is 0.453 e. The number of rotatable bonds is 4. The zero-order valence-corrected chi connectivity index (χ0v) is 13.1. The Balaban J connectivity index is 2.75. The first kappa shape index (κ1) is 16.7. The molecule has 1 unspecified atom stereocenters. The minimum absolute atomic E-state index is 0.112. The second kappa shape index (κ2) is 6.43. The molecule has 1 N–H and O–H groups in total. The molecule has 0 aromatic heterocycles. The van der Waals surface area contributed by atoms with Crippen LogP contribution in [0.2, 0.25) is 0 Å². The number of amides is 2. The molecule has 0 saturated carbocycles. The molecule has 0 radical (unpaired) electrons. The van der Waals surface area contributed by atoms with Gasteiger partial charge in [0, 0.05) is 19.3 Å². The average molecular weight is 306 g/mol. The predicted molar refractivity (Wildman–Crippen MR) is 74.0 cm³/mol. The molecule has 0 aromatic carbocycles. The van der Waals surface area contributed by atoms with Crippen LogP contribution in [0.3, 0.4) is 0 Å². The van der Waals surface area contributed by atoms with Crippen molar-refractivity contribution < 1.29 is 22.7 Å². The van der Waals surface area contributed by atoms with Gasteiger partial charge in [-0.15, -0.1) is 0 Å². The summed E-state index contributed by atoms with van der Waals surface area (Å²) < 4.78 is 27.5. The van der Waals surface area contributed by atoms with Gasteiger partial charge in [0.15, 0.2) is 9.84 Å². The second-order valence-corrected chi connectivity index (χ2v) is 7.71. The number of ether oxygens (including phenoxy) is 1. The standard InChI is InChI=1S/C12H22N2O5S/c1-8(2)10(13-12(16)19-3)11(15)14-6-5-9(7-14)20(4,17)18/h8-10H,5-7H2,1-4H3,(H,13,16)/t9?,10-/m0/s1. The third-order valence-corrected chi connectivity index (χ3v) is 5.05. The fourth-order valence-electron chi connectivity index (χ4n) is 2.17. The predicted octanol–water partition coefficient (Wildman–Crippen LogP) is 0.0125. The van der Waals surface area contributed by atoms with Gasteiger partial charge in [-0.2, -0.15) is 0 Å². The zero-order valence-electron chi connectivity index (χ0n) is 12.3. The molecule has 0 aromatic rings. The first-order valence-electron chi connectivity index (χ1n) is 6.49. The van der Waals surface area contributed by atoms with Crippen molar-refractivity contribution in [2.24, 2.45) is 5.92 Å². The molecule has 1 saturated heterocycles. The van der Waals surface area contributed by atoms with E-state index in [1.807, 2.05) is 13.8 Å². The van der Waals surface area contributed by atoms with Crippen LogP contribution in [0.4, 0.5) is 4.79 Å². The summed E-state index contributed by atoms with van der Waals surface area (Å²) >= 11 is 0. The van der Waals surface area contributed by atoms with Crippen LogP contribution in [-0.2, 0) is 19.4 Å². The topological polar surface area (TPSA) is 92.8 Å². The lowest BCUT2D eigenvalue weighted by atomic mass is 10.0. The maximum Gasteiger partial charge on any atom is 0.407 e.